The van der Waals surface area contributed by atoms with Gasteiger partial charge in [0.15, 0.2) is 9.84 Å². The maximum absolute atomic E-state index is 12.6. The van der Waals surface area contributed by atoms with E-state index in [1.165, 1.54) is 0 Å². The zero-order valence-corrected chi connectivity index (χ0v) is 13.4. The Morgan fingerprint density at radius 2 is 2.05 bits per heavy atom. The third-order valence-corrected chi connectivity index (χ3v) is 6.47. The minimum absolute atomic E-state index is 0.0518. The first kappa shape index (κ1) is 15.8. The van der Waals surface area contributed by atoms with Crippen molar-refractivity contribution in [2.75, 3.05) is 6.54 Å². The number of rotatable bonds is 5. The summed E-state index contributed by atoms with van der Waals surface area (Å²) in [5, 5.41) is 3.67. The molecule has 1 aromatic rings. The third-order valence-electron chi connectivity index (χ3n) is 3.94. The van der Waals surface area contributed by atoms with Crippen LogP contribution in [0.2, 0.25) is 5.02 Å². The first-order valence-corrected chi connectivity index (χ1v) is 9.30. The first-order chi connectivity index (χ1) is 9.53. The van der Waals surface area contributed by atoms with E-state index in [9.17, 15) is 8.42 Å². The molecule has 0 spiro atoms. The molecular weight excluding hydrogens is 294 g/mol. The average Bonchev–Trinajstić information content (AvgIpc) is 2.42. The lowest BCUT2D eigenvalue weighted by Gasteiger charge is -2.29. The molecule has 1 aromatic carbocycles. The second kappa shape index (κ2) is 6.92. The minimum Gasteiger partial charge on any atom is -0.314 e. The molecule has 112 valence electrons. The van der Waals surface area contributed by atoms with Crippen LogP contribution >= 0.6 is 11.6 Å². The van der Waals surface area contributed by atoms with E-state index >= 15 is 0 Å². The Hall–Kier alpha value is -0.580. The van der Waals surface area contributed by atoms with Crippen LogP contribution in [0.15, 0.2) is 24.3 Å². The molecule has 0 aliphatic heterocycles. The summed E-state index contributed by atoms with van der Waals surface area (Å²) in [4.78, 5) is 0. The molecule has 1 saturated carbocycles. The molecule has 2 unspecified atom stereocenters. The fourth-order valence-electron chi connectivity index (χ4n) is 2.90. The fraction of sp³-hybridized carbons (Fsp3) is 0.600. The maximum Gasteiger partial charge on any atom is 0.157 e. The lowest BCUT2D eigenvalue weighted by molar-refractivity contribution is 0.377. The Bertz CT molecular complexity index is 543. The van der Waals surface area contributed by atoms with Crippen molar-refractivity contribution < 1.29 is 8.42 Å². The monoisotopic (exact) mass is 315 g/mol. The molecule has 0 saturated heterocycles. The van der Waals surface area contributed by atoms with E-state index in [1.54, 1.807) is 12.1 Å². The highest BCUT2D eigenvalue weighted by atomic mass is 35.5. The molecule has 1 fully saturated rings. The van der Waals surface area contributed by atoms with Gasteiger partial charge in [-0.15, -0.1) is 0 Å². The Balaban J connectivity index is 2.08. The molecule has 2 atom stereocenters. The zero-order chi connectivity index (χ0) is 14.6. The van der Waals surface area contributed by atoms with E-state index in [0.717, 1.165) is 32.2 Å². The van der Waals surface area contributed by atoms with Crippen LogP contribution in [0.5, 0.6) is 0 Å². The summed E-state index contributed by atoms with van der Waals surface area (Å²) >= 11 is 6.07. The standard InChI is InChI=1S/C15H22ClNO2S/c1-2-17-13-7-5-8-14(10-13)20(18,19)11-12-6-3-4-9-15(12)16/h3-4,6,9,13-14,17H,2,5,7-8,10-11H2,1H3. The molecule has 1 N–H and O–H groups in total. The summed E-state index contributed by atoms with van der Waals surface area (Å²) in [5.74, 6) is 0.0518. The molecule has 1 aliphatic carbocycles. The molecule has 0 aromatic heterocycles. The van der Waals surface area contributed by atoms with Crippen molar-refractivity contribution in [2.24, 2.45) is 0 Å². The Morgan fingerprint density at radius 1 is 1.30 bits per heavy atom. The van der Waals surface area contributed by atoms with Gasteiger partial charge in [0.05, 0.1) is 11.0 Å². The number of sulfone groups is 1. The van der Waals surface area contributed by atoms with Crippen LogP contribution in [0, 0.1) is 0 Å². The van der Waals surface area contributed by atoms with Gasteiger partial charge >= 0.3 is 0 Å². The molecule has 0 radical (unpaired) electrons. The molecular formula is C15H22ClNO2S. The van der Waals surface area contributed by atoms with Gasteiger partial charge in [0.25, 0.3) is 0 Å². The maximum atomic E-state index is 12.6. The normalized spacial score (nSPS) is 23.7. The van der Waals surface area contributed by atoms with Crippen molar-refractivity contribution in [3.8, 4) is 0 Å². The molecule has 1 aliphatic rings. The Kier molecular flexibility index (Phi) is 5.47. The van der Waals surface area contributed by atoms with Crippen molar-refractivity contribution in [1.82, 2.24) is 5.32 Å². The first-order valence-electron chi connectivity index (χ1n) is 7.21. The van der Waals surface area contributed by atoms with Gasteiger partial charge < -0.3 is 5.32 Å². The van der Waals surface area contributed by atoms with Crippen molar-refractivity contribution >= 4 is 21.4 Å². The summed E-state index contributed by atoms with van der Waals surface area (Å²) in [6, 6.07) is 7.53. The van der Waals surface area contributed by atoms with Crippen LogP contribution in [0.3, 0.4) is 0 Å². The number of hydrogen-bond acceptors (Lipinski definition) is 3. The van der Waals surface area contributed by atoms with E-state index in [2.05, 4.69) is 12.2 Å². The van der Waals surface area contributed by atoms with E-state index in [4.69, 9.17) is 11.6 Å². The van der Waals surface area contributed by atoms with Crippen molar-refractivity contribution in [2.45, 2.75) is 49.7 Å². The van der Waals surface area contributed by atoms with Crippen LogP contribution in [-0.2, 0) is 15.6 Å². The van der Waals surface area contributed by atoms with Gasteiger partial charge in [-0.3, -0.25) is 0 Å². The van der Waals surface area contributed by atoms with Crippen LogP contribution in [0.25, 0.3) is 0 Å². The second-order valence-electron chi connectivity index (χ2n) is 5.44. The van der Waals surface area contributed by atoms with Gasteiger partial charge in [-0.1, -0.05) is 43.1 Å². The topological polar surface area (TPSA) is 46.2 Å². The summed E-state index contributed by atoms with van der Waals surface area (Å²) in [6.07, 6.45) is 3.55. The van der Waals surface area contributed by atoms with Crippen LogP contribution in [0.1, 0.15) is 38.2 Å². The molecule has 0 amide bonds. The molecule has 0 heterocycles. The van der Waals surface area contributed by atoms with Gasteiger partial charge in [-0.25, -0.2) is 8.42 Å². The summed E-state index contributed by atoms with van der Waals surface area (Å²) in [7, 11) is -3.13. The van der Waals surface area contributed by atoms with E-state index in [-0.39, 0.29) is 11.0 Å². The van der Waals surface area contributed by atoms with Crippen LogP contribution < -0.4 is 5.32 Å². The average molecular weight is 316 g/mol. The van der Waals surface area contributed by atoms with Gasteiger partial charge in [0.1, 0.15) is 0 Å². The molecule has 0 bridgehead atoms. The Morgan fingerprint density at radius 3 is 2.75 bits per heavy atom. The number of halogens is 1. The summed E-state index contributed by atoms with van der Waals surface area (Å²) < 4.78 is 25.1. The predicted molar refractivity (Wildman–Crippen MR) is 83.8 cm³/mol. The highest BCUT2D eigenvalue weighted by molar-refractivity contribution is 7.91. The van der Waals surface area contributed by atoms with Crippen LogP contribution in [-0.4, -0.2) is 26.3 Å². The summed E-state index contributed by atoms with van der Waals surface area (Å²) in [6.45, 7) is 2.95. The lowest BCUT2D eigenvalue weighted by Crippen LogP contribution is -2.39. The van der Waals surface area contributed by atoms with Crippen LogP contribution in [0.4, 0.5) is 0 Å². The van der Waals surface area contributed by atoms with Crippen molar-refractivity contribution in [3.63, 3.8) is 0 Å². The van der Waals surface area contributed by atoms with Gasteiger partial charge in [0, 0.05) is 11.1 Å². The zero-order valence-electron chi connectivity index (χ0n) is 11.8. The molecule has 5 heteroatoms. The predicted octanol–water partition coefficient (Wildman–Crippen LogP) is 3.18. The quantitative estimate of drug-likeness (QED) is 0.907. The number of benzene rings is 1. The van der Waals surface area contributed by atoms with E-state index in [0.29, 0.717) is 16.6 Å². The number of hydrogen-bond donors (Lipinski definition) is 1. The van der Waals surface area contributed by atoms with Crippen molar-refractivity contribution in [3.05, 3.63) is 34.9 Å². The van der Waals surface area contributed by atoms with Gasteiger partial charge in [0.2, 0.25) is 0 Å². The largest absolute Gasteiger partial charge is 0.314 e. The summed E-state index contributed by atoms with van der Waals surface area (Å²) in [5.41, 5.74) is 0.708. The highest BCUT2D eigenvalue weighted by Gasteiger charge is 2.31. The van der Waals surface area contributed by atoms with Gasteiger partial charge in [-0.2, -0.15) is 0 Å². The fourth-order valence-corrected chi connectivity index (χ4v) is 5.15. The Labute approximate surface area is 126 Å². The van der Waals surface area contributed by atoms with E-state index in [1.807, 2.05) is 12.1 Å². The van der Waals surface area contributed by atoms with E-state index < -0.39 is 9.84 Å². The molecule has 3 nitrogen and oxygen atoms in total. The lowest BCUT2D eigenvalue weighted by atomic mass is 9.95. The van der Waals surface area contributed by atoms with Crippen molar-refractivity contribution in [1.29, 1.82) is 0 Å². The minimum atomic E-state index is -3.13. The molecule has 20 heavy (non-hydrogen) atoms. The molecule has 2 rings (SSSR count). The number of nitrogens with one attached hydrogen (secondary N) is 1. The van der Waals surface area contributed by atoms with Gasteiger partial charge in [-0.05, 0) is 37.4 Å². The second-order valence-corrected chi connectivity index (χ2v) is 8.13. The SMILES string of the molecule is CCNC1CCCC(S(=O)(=O)Cc2ccccc2Cl)C1. The third kappa shape index (κ3) is 3.96. The smallest absolute Gasteiger partial charge is 0.157 e. The highest BCUT2D eigenvalue weighted by Crippen LogP contribution is 2.28.